The highest BCUT2D eigenvalue weighted by Gasteiger charge is 2.64. The first kappa shape index (κ1) is 15.4. The maximum Gasteiger partial charge on any atom is 0.338 e. The molecule has 3 atom stereocenters. The summed E-state index contributed by atoms with van der Waals surface area (Å²) in [7, 11) is 0. The molecule has 3 unspecified atom stereocenters. The van der Waals surface area contributed by atoms with Gasteiger partial charge in [0.2, 0.25) is 0 Å². The molecule has 0 radical (unpaired) electrons. The zero-order chi connectivity index (χ0) is 15.8. The molecule has 2 heterocycles. The highest BCUT2D eigenvalue weighted by atomic mass is 19.1. The molecule has 2 aliphatic rings. The number of fused-ring (bicyclic) bond motifs is 2. The molecule has 4 nitrogen and oxygen atoms in total. The Balaban J connectivity index is 1.67. The van der Waals surface area contributed by atoms with Crippen LogP contribution in [0.4, 0.5) is 4.39 Å². The number of halogens is 1. The fourth-order valence-electron chi connectivity index (χ4n) is 3.43. The number of ether oxygens (including phenoxy) is 3. The first-order chi connectivity index (χ1) is 10.5. The summed E-state index contributed by atoms with van der Waals surface area (Å²) in [6, 6.07) is 6.34. The number of rotatable bonds is 5. The van der Waals surface area contributed by atoms with Crippen molar-refractivity contribution in [3.8, 4) is 0 Å². The Bertz CT molecular complexity index is 576. The topological polar surface area (TPSA) is 44.8 Å². The molecule has 1 aromatic carbocycles. The predicted molar refractivity (Wildman–Crippen MR) is 77.7 cm³/mol. The summed E-state index contributed by atoms with van der Waals surface area (Å²) in [5, 5.41) is 0. The van der Waals surface area contributed by atoms with Gasteiger partial charge in [0.1, 0.15) is 5.82 Å². The van der Waals surface area contributed by atoms with Crippen molar-refractivity contribution < 1.29 is 23.4 Å². The molecule has 2 aliphatic heterocycles. The summed E-state index contributed by atoms with van der Waals surface area (Å²) in [6.45, 7) is 4.41. The van der Waals surface area contributed by atoms with Crippen LogP contribution < -0.4 is 0 Å². The third-order valence-electron chi connectivity index (χ3n) is 4.64. The van der Waals surface area contributed by atoms with Crippen molar-refractivity contribution in [1.82, 2.24) is 0 Å². The summed E-state index contributed by atoms with van der Waals surface area (Å²) in [5.41, 5.74) is -0.561. The number of benzene rings is 1. The first-order valence-electron chi connectivity index (χ1n) is 7.71. The van der Waals surface area contributed by atoms with Gasteiger partial charge in [-0.05, 0) is 44.4 Å². The number of hydrogen-bond acceptors (Lipinski definition) is 4. The van der Waals surface area contributed by atoms with Gasteiger partial charge in [0, 0.05) is 6.42 Å². The van der Waals surface area contributed by atoms with E-state index in [4.69, 9.17) is 14.2 Å². The zero-order valence-corrected chi connectivity index (χ0v) is 12.9. The Labute approximate surface area is 129 Å². The van der Waals surface area contributed by atoms with Crippen molar-refractivity contribution in [2.45, 2.75) is 57.0 Å². The lowest BCUT2D eigenvalue weighted by molar-refractivity contribution is -0.168. The Morgan fingerprint density at radius 1 is 1.45 bits per heavy atom. The van der Waals surface area contributed by atoms with E-state index in [2.05, 4.69) is 0 Å². The van der Waals surface area contributed by atoms with Gasteiger partial charge in [-0.1, -0.05) is 12.1 Å². The maximum atomic E-state index is 13.2. The fourth-order valence-corrected chi connectivity index (χ4v) is 3.43. The molecular formula is C17H21FO4. The van der Waals surface area contributed by atoms with Crippen LogP contribution in [-0.4, -0.2) is 29.9 Å². The van der Waals surface area contributed by atoms with Gasteiger partial charge in [-0.15, -0.1) is 0 Å². The highest BCUT2D eigenvalue weighted by molar-refractivity contribution is 5.81. The third-order valence-corrected chi connectivity index (χ3v) is 4.64. The number of carbonyl (C=O) groups excluding carboxylic acids is 1. The standard InChI is InChI=1S/C17H21FO4/c1-3-20-15(19)17-8-7-16(2,22-17)14(10-17)21-11-12-5-4-6-13(18)9-12/h4-6,9,14H,3,7-8,10-11H2,1-2H3. The van der Waals surface area contributed by atoms with E-state index in [1.165, 1.54) is 12.1 Å². The molecule has 0 saturated carbocycles. The number of esters is 1. The van der Waals surface area contributed by atoms with E-state index in [1.54, 1.807) is 13.0 Å². The van der Waals surface area contributed by atoms with Gasteiger partial charge in [0.15, 0.2) is 5.60 Å². The van der Waals surface area contributed by atoms with E-state index in [9.17, 15) is 9.18 Å². The molecule has 22 heavy (non-hydrogen) atoms. The predicted octanol–water partition coefficient (Wildman–Crippen LogP) is 2.99. The van der Waals surface area contributed by atoms with Crippen LogP contribution in [0.5, 0.6) is 0 Å². The quantitative estimate of drug-likeness (QED) is 0.785. The van der Waals surface area contributed by atoms with Crippen molar-refractivity contribution in [2.75, 3.05) is 6.61 Å². The van der Waals surface area contributed by atoms with Crippen LogP contribution in [0.25, 0.3) is 0 Å². The molecule has 120 valence electrons. The minimum atomic E-state index is -0.864. The average molecular weight is 308 g/mol. The van der Waals surface area contributed by atoms with Crippen LogP contribution in [0, 0.1) is 5.82 Å². The summed E-state index contributed by atoms with van der Waals surface area (Å²) in [4.78, 5) is 12.2. The van der Waals surface area contributed by atoms with E-state index in [-0.39, 0.29) is 17.9 Å². The molecule has 3 rings (SSSR count). The van der Waals surface area contributed by atoms with Crippen LogP contribution in [-0.2, 0) is 25.6 Å². The molecule has 0 N–H and O–H groups in total. The lowest BCUT2D eigenvalue weighted by Gasteiger charge is -2.29. The number of hydrogen-bond donors (Lipinski definition) is 0. The molecule has 0 aromatic heterocycles. The summed E-state index contributed by atoms with van der Waals surface area (Å²) >= 11 is 0. The van der Waals surface area contributed by atoms with Gasteiger partial charge >= 0.3 is 5.97 Å². The molecular weight excluding hydrogens is 287 g/mol. The van der Waals surface area contributed by atoms with Gasteiger partial charge < -0.3 is 14.2 Å². The molecule has 0 amide bonds. The van der Waals surface area contributed by atoms with Crippen molar-refractivity contribution in [3.05, 3.63) is 35.6 Å². The van der Waals surface area contributed by atoms with Crippen molar-refractivity contribution in [2.24, 2.45) is 0 Å². The van der Waals surface area contributed by atoms with Crippen LogP contribution >= 0.6 is 0 Å². The monoisotopic (exact) mass is 308 g/mol. The van der Waals surface area contributed by atoms with E-state index < -0.39 is 11.2 Å². The Hall–Kier alpha value is -1.46. The lowest BCUT2D eigenvalue weighted by Crippen LogP contribution is -2.40. The van der Waals surface area contributed by atoms with Crippen molar-refractivity contribution in [1.29, 1.82) is 0 Å². The van der Waals surface area contributed by atoms with Gasteiger partial charge in [-0.25, -0.2) is 9.18 Å². The molecule has 2 bridgehead atoms. The van der Waals surface area contributed by atoms with E-state index >= 15 is 0 Å². The second-order valence-electron chi connectivity index (χ2n) is 6.26. The Morgan fingerprint density at radius 3 is 3.00 bits per heavy atom. The van der Waals surface area contributed by atoms with Gasteiger partial charge in [0.05, 0.1) is 24.9 Å². The molecule has 1 aromatic rings. The van der Waals surface area contributed by atoms with Gasteiger partial charge in [-0.3, -0.25) is 0 Å². The SMILES string of the molecule is CCOC(=O)C12CCC(C)(O1)C(OCc1cccc(F)c1)C2. The Morgan fingerprint density at radius 2 is 2.27 bits per heavy atom. The molecule has 2 saturated heterocycles. The van der Waals surface area contributed by atoms with Gasteiger partial charge in [-0.2, -0.15) is 0 Å². The number of carbonyl (C=O) groups is 1. The van der Waals surface area contributed by atoms with E-state index in [0.29, 0.717) is 26.1 Å². The highest BCUT2D eigenvalue weighted by Crippen LogP contribution is 2.52. The fraction of sp³-hybridized carbons (Fsp3) is 0.588. The first-order valence-corrected chi connectivity index (χ1v) is 7.71. The van der Waals surface area contributed by atoms with E-state index in [1.807, 2.05) is 13.0 Å². The summed E-state index contributed by atoms with van der Waals surface area (Å²) < 4.78 is 30.3. The zero-order valence-electron chi connectivity index (χ0n) is 12.9. The van der Waals surface area contributed by atoms with Crippen LogP contribution in [0.15, 0.2) is 24.3 Å². The average Bonchev–Trinajstić information content (AvgIpc) is 2.97. The Kier molecular flexibility index (Phi) is 3.95. The summed E-state index contributed by atoms with van der Waals surface area (Å²) in [6.07, 6.45) is 1.74. The summed E-state index contributed by atoms with van der Waals surface area (Å²) in [5.74, 6) is -0.574. The van der Waals surface area contributed by atoms with Crippen LogP contribution in [0.2, 0.25) is 0 Å². The molecule has 2 fully saturated rings. The molecule has 0 aliphatic carbocycles. The van der Waals surface area contributed by atoms with Crippen LogP contribution in [0.1, 0.15) is 38.7 Å². The minimum Gasteiger partial charge on any atom is -0.464 e. The van der Waals surface area contributed by atoms with E-state index in [0.717, 1.165) is 12.0 Å². The third kappa shape index (κ3) is 2.63. The normalized spacial score (nSPS) is 33.1. The smallest absolute Gasteiger partial charge is 0.338 e. The van der Waals surface area contributed by atoms with Crippen LogP contribution in [0.3, 0.4) is 0 Å². The molecule has 0 spiro atoms. The minimum absolute atomic E-state index is 0.186. The lowest BCUT2D eigenvalue weighted by atomic mass is 9.80. The maximum absolute atomic E-state index is 13.2. The van der Waals surface area contributed by atoms with Crippen molar-refractivity contribution in [3.63, 3.8) is 0 Å². The second kappa shape index (κ2) is 5.63. The van der Waals surface area contributed by atoms with Gasteiger partial charge in [0.25, 0.3) is 0 Å². The molecule has 5 heteroatoms. The van der Waals surface area contributed by atoms with Crippen molar-refractivity contribution >= 4 is 5.97 Å². The second-order valence-corrected chi connectivity index (χ2v) is 6.26. The largest absolute Gasteiger partial charge is 0.464 e.